The maximum absolute atomic E-state index is 12.9. The molecule has 1 heterocycles. The monoisotopic (exact) mass is 422 g/mol. The number of piperidine rings is 1. The fourth-order valence-corrected chi connectivity index (χ4v) is 3.86. The summed E-state index contributed by atoms with van der Waals surface area (Å²) in [5.41, 5.74) is 0.710. The number of likely N-dealkylation sites (tertiary alicyclic amines) is 1. The molecule has 1 fully saturated rings. The first kappa shape index (κ1) is 20.9. The highest BCUT2D eigenvalue weighted by atomic mass is 79.9. The van der Waals surface area contributed by atoms with E-state index in [1.54, 1.807) is 0 Å². The molecule has 0 aromatic heterocycles. The molecule has 0 spiro atoms. The van der Waals surface area contributed by atoms with Crippen LogP contribution in [0.3, 0.4) is 0 Å². The molecule has 0 unspecified atom stereocenters. The van der Waals surface area contributed by atoms with Gasteiger partial charge in [-0.2, -0.15) is 0 Å². The Morgan fingerprint density at radius 2 is 1.69 bits per heavy atom. The molecule has 1 aromatic rings. The van der Waals surface area contributed by atoms with E-state index in [-0.39, 0.29) is 17.7 Å². The zero-order valence-electron chi connectivity index (χ0n) is 16.2. The van der Waals surface area contributed by atoms with Crippen molar-refractivity contribution in [2.45, 2.75) is 46.5 Å². The van der Waals surface area contributed by atoms with Crippen LogP contribution in [0, 0.1) is 11.8 Å². The van der Waals surface area contributed by atoms with Crippen LogP contribution in [-0.2, 0) is 4.79 Å². The number of amides is 2. The summed E-state index contributed by atoms with van der Waals surface area (Å²) in [6.45, 7) is 9.40. The van der Waals surface area contributed by atoms with Gasteiger partial charge in [0, 0.05) is 42.1 Å². The first-order valence-electron chi connectivity index (χ1n) is 9.83. The van der Waals surface area contributed by atoms with E-state index in [0.717, 1.165) is 43.2 Å². The second-order valence-electron chi connectivity index (χ2n) is 7.13. The molecular weight excluding hydrogens is 392 g/mol. The van der Waals surface area contributed by atoms with Crippen molar-refractivity contribution in [2.75, 3.05) is 26.2 Å². The average molecular weight is 423 g/mol. The third-order valence-corrected chi connectivity index (χ3v) is 6.08. The van der Waals surface area contributed by atoms with Crippen LogP contribution in [0.1, 0.15) is 56.8 Å². The van der Waals surface area contributed by atoms with Gasteiger partial charge in [0.2, 0.25) is 5.91 Å². The summed E-state index contributed by atoms with van der Waals surface area (Å²) in [4.78, 5) is 29.4. The Morgan fingerprint density at radius 1 is 1.12 bits per heavy atom. The van der Waals surface area contributed by atoms with Crippen molar-refractivity contribution < 1.29 is 9.59 Å². The van der Waals surface area contributed by atoms with Gasteiger partial charge in [-0.25, -0.2) is 0 Å². The van der Waals surface area contributed by atoms with Crippen LogP contribution in [0.4, 0.5) is 0 Å². The molecule has 0 aliphatic carbocycles. The Labute approximate surface area is 166 Å². The van der Waals surface area contributed by atoms with Gasteiger partial charge in [0.1, 0.15) is 0 Å². The molecule has 144 valence electrons. The zero-order valence-corrected chi connectivity index (χ0v) is 17.8. The van der Waals surface area contributed by atoms with Gasteiger partial charge in [-0.15, -0.1) is 0 Å². The molecule has 4 nitrogen and oxygen atoms in total. The number of rotatable bonds is 7. The summed E-state index contributed by atoms with van der Waals surface area (Å²) in [7, 11) is 0. The van der Waals surface area contributed by atoms with Crippen molar-refractivity contribution in [3.63, 3.8) is 0 Å². The van der Waals surface area contributed by atoms with Gasteiger partial charge in [-0.3, -0.25) is 9.59 Å². The van der Waals surface area contributed by atoms with Gasteiger partial charge in [-0.05, 0) is 49.9 Å². The van der Waals surface area contributed by atoms with E-state index in [1.165, 1.54) is 0 Å². The highest BCUT2D eigenvalue weighted by molar-refractivity contribution is 9.10. The van der Waals surface area contributed by atoms with Crippen molar-refractivity contribution in [3.8, 4) is 0 Å². The molecular formula is C21H31BrN2O2. The van der Waals surface area contributed by atoms with E-state index in [2.05, 4.69) is 36.7 Å². The summed E-state index contributed by atoms with van der Waals surface area (Å²) in [5, 5.41) is 0. The van der Waals surface area contributed by atoms with E-state index in [1.807, 2.05) is 34.1 Å². The maximum Gasteiger partial charge on any atom is 0.253 e. The van der Waals surface area contributed by atoms with Gasteiger partial charge >= 0.3 is 0 Å². The molecule has 5 heteroatoms. The largest absolute Gasteiger partial charge is 0.342 e. The van der Waals surface area contributed by atoms with Crippen LogP contribution in [0.5, 0.6) is 0 Å². The van der Waals surface area contributed by atoms with E-state index in [9.17, 15) is 9.59 Å². The van der Waals surface area contributed by atoms with Gasteiger partial charge in [-0.1, -0.05) is 42.6 Å². The molecule has 0 saturated carbocycles. The van der Waals surface area contributed by atoms with Gasteiger partial charge in [0.05, 0.1) is 0 Å². The summed E-state index contributed by atoms with van der Waals surface area (Å²) >= 11 is 3.39. The topological polar surface area (TPSA) is 40.6 Å². The summed E-state index contributed by atoms with van der Waals surface area (Å²) < 4.78 is 0.968. The van der Waals surface area contributed by atoms with Crippen LogP contribution in [0.2, 0.25) is 0 Å². The van der Waals surface area contributed by atoms with Crippen molar-refractivity contribution in [3.05, 3.63) is 34.3 Å². The van der Waals surface area contributed by atoms with Crippen molar-refractivity contribution in [1.82, 2.24) is 9.80 Å². The molecule has 0 N–H and O–H groups in total. The zero-order chi connectivity index (χ0) is 19.1. The van der Waals surface area contributed by atoms with E-state index in [0.29, 0.717) is 24.6 Å². The Hall–Kier alpha value is -1.36. The predicted molar refractivity (Wildman–Crippen MR) is 109 cm³/mol. The molecule has 1 aliphatic heterocycles. The molecule has 26 heavy (non-hydrogen) atoms. The van der Waals surface area contributed by atoms with Crippen LogP contribution >= 0.6 is 15.9 Å². The quantitative estimate of drug-likeness (QED) is 0.644. The molecule has 2 rings (SSSR count). The Kier molecular flexibility index (Phi) is 8.14. The number of benzene rings is 1. The lowest BCUT2D eigenvalue weighted by atomic mass is 9.93. The highest BCUT2D eigenvalue weighted by Crippen LogP contribution is 2.23. The normalized spacial score (nSPS) is 15.3. The third kappa shape index (κ3) is 5.32. The summed E-state index contributed by atoms with van der Waals surface area (Å²) in [5.74, 6) is 0.971. The number of hydrogen-bond donors (Lipinski definition) is 0. The molecule has 0 atom stereocenters. The van der Waals surface area contributed by atoms with Crippen molar-refractivity contribution >= 4 is 27.7 Å². The fourth-order valence-electron chi connectivity index (χ4n) is 3.60. The van der Waals surface area contributed by atoms with Gasteiger partial charge in [0.25, 0.3) is 5.91 Å². The minimum atomic E-state index is 0.0540. The molecule has 0 bridgehead atoms. The second-order valence-corrected chi connectivity index (χ2v) is 8.05. The lowest BCUT2D eigenvalue weighted by molar-refractivity contribution is -0.137. The van der Waals surface area contributed by atoms with E-state index in [4.69, 9.17) is 0 Å². The standard InChI is InChI=1S/C21H31BrN2O2/c1-4-16(5-2)15-23(6-3)20(25)18-11-13-24(14-12-18)21(26)17-7-9-19(22)10-8-17/h7-10,16,18H,4-6,11-15H2,1-3H3. The van der Waals surface area contributed by atoms with Crippen molar-refractivity contribution in [2.24, 2.45) is 11.8 Å². The lowest BCUT2D eigenvalue weighted by Gasteiger charge is -2.35. The number of carbonyl (C=O) groups is 2. The number of carbonyl (C=O) groups excluding carboxylic acids is 2. The molecule has 1 saturated heterocycles. The first-order chi connectivity index (χ1) is 12.5. The molecule has 1 aliphatic rings. The molecule has 1 aromatic carbocycles. The fraction of sp³-hybridized carbons (Fsp3) is 0.619. The van der Waals surface area contributed by atoms with Crippen LogP contribution in [-0.4, -0.2) is 47.8 Å². The third-order valence-electron chi connectivity index (χ3n) is 5.55. The van der Waals surface area contributed by atoms with Gasteiger partial charge in [0.15, 0.2) is 0 Å². The number of nitrogens with zero attached hydrogens (tertiary/aromatic N) is 2. The first-order valence-corrected chi connectivity index (χ1v) is 10.6. The van der Waals surface area contributed by atoms with Crippen LogP contribution < -0.4 is 0 Å². The minimum Gasteiger partial charge on any atom is -0.342 e. The highest BCUT2D eigenvalue weighted by Gasteiger charge is 2.30. The number of hydrogen-bond acceptors (Lipinski definition) is 2. The van der Waals surface area contributed by atoms with E-state index >= 15 is 0 Å². The smallest absolute Gasteiger partial charge is 0.253 e. The molecule has 0 radical (unpaired) electrons. The van der Waals surface area contributed by atoms with E-state index < -0.39 is 0 Å². The van der Waals surface area contributed by atoms with Crippen LogP contribution in [0.25, 0.3) is 0 Å². The minimum absolute atomic E-state index is 0.0540. The Morgan fingerprint density at radius 3 is 2.19 bits per heavy atom. The summed E-state index contributed by atoms with van der Waals surface area (Å²) in [6.07, 6.45) is 3.75. The summed E-state index contributed by atoms with van der Waals surface area (Å²) in [6, 6.07) is 7.47. The SMILES string of the molecule is CCC(CC)CN(CC)C(=O)C1CCN(C(=O)c2ccc(Br)cc2)CC1. The average Bonchev–Trinajstić information content (AvgIpc) is 2.69. The Bertz CT molecular complexity index is 591. The maximum atomic E-state index is 12.9. The second kappa shape index (κ2) is 10.1. The van der Waals surface area contributed by atoms with Crippen molar-refractivity contribution in [1.29, 1.82) is 0 Å². The lowest BCUT2D eigenvalue weighted by Crippen LogP contribution is -2.45. The Balaban J connectivity index is 1.91. The van der Waals surface area contributed by atoms with Crippen LogP contribution in [0.15, 0.2) is 28.7 Å². The number of halogens is 1. The predicted octanol–water partition coefficient (Wildman–Crippen LogP) is 4.59. The van der Waals surface area contributed by atoms with Gasteiger partial charge < -0.3 is 9.80 Å². The molecule has 2 amide bonds.